The monoisotopic (exact) mass is 426 g/mol. The van der Waals surface area contributed by atoms with Crippen LogP contribution in [0.4, 0.5) is 5.69 Å². The van der Waals surface area contributed by atoms with Crippen molar-refractivity contribution in [1.82, 2.24) is 24.3 Å². The quantitative estimate of drug-likeness (QED) is 0.458. The molecule has 4 aromatic heterocycles. The van der Waals surface area contributed by atoms with Gasteiger partial charge in [0.15, 0.2) is 0 Å². The van der Waals surface area contributed by atoms with Gasteiger partial charge in [0.1, 0.15) is 17.2 Å². The Bertz CT molecular complexity index is 1460. The molecule has 0 radical (unpaired) electrons. The van der Waals surface area contributed by atoms with Crippen molar-refractivity contribution in [1.29, 1.82) is 0 Å². The van der Waals surface area contributed by atoms with Gasteiger partial charge in [0.2, 0.25) is 5.78 Å². The highest BCUT2D eigenvalue weighted by atomic mass is 16.5. The average Bonchev–Trinajstić information content (AvgIpc) is 3.21. The lowest BCUT2D eigenvalue weighted by Gasteiger charge is -2.06. The molecule has 9 heteroatoms. The number of aromatic nitrogens is 5. The fourth-order valence-electron chi connectivity index (χ4n) is 3.39. The summed E-state index contributed by atoms with van der Waals surface area (Å²) in [5.74, 6) is 1.30. The summed E-state index contributed by atoms with van der Waals surface area (Å²) in [4.78, 5) is 30.0. The fraction of sp³-hybridized carbons (Fsp3) is 0.0870. The molecule has 1 N–H and O–H groups in total. The van der Waals surface area contributed by atoms with Crippen LogP contribution in [0.3, 0.4) is 0 Å². The van der Waals surface area contributed by atoms with Crippen molar-refractivity contribution in [2.75, 3.05) is 19.5 Å². The number of hydrogen-bond acceptors (Lipinski definition) is 7. The summed E-state index contributed by atoms with van der Waals surface area (Å²) < 4.78 is 12.2. The van der Waals surface area contributed by atoms with E-state index in [2.05, 4.69) is 25.3 Å². The molecular formula is C23H18N6O3. The van der Waals surface area contributed by atoms with Gasteiger partial charge in [0.05, 0.1) is 49.5 Å². The highest BCUT2D eigenvalue weighted by Gasteiger charge is 2.13. The van der Waals surface area contributed by atoms with E-state index in [-0.39, 0.29) is 11.6 Å². The van der Waals surface area contributed by atoms with Crippen LogP contribution in [0.25, 0.3) is 27.9 Å². The Labute approximate surface area is 182 Å². The van der Waals surface area contributed by atoms with Gasteiger partial charge in [0.25, 0.3) is 5.91 Å². The summed E-state index contributed by atoms with van der Waals surface area (Å²) in [7, 11) is 3.15. The van der Waals surface area contributed by atoms with E-state index in [1.54, 1.807) is 44.0 Å². The molecule has 32 heavy (non-hydrogen) atoms. The second-order valence-corrected chi connectivity index (χ2v) is 6.98. The first kappa shape index (κ1) is 19.4. The third-order valence-corrected chi connectivity index (χ3v) is 4.99. The largest absolute Gasteiger partial charge is 0.495 e. The number of amides is 1. The molecule has 0 saturated carbocycles. The van der Waals surface area contributed by atoms with Crippen molar-refractivity contribution in [3.63, 3.8) is 0 Å². The lowest BCUT2D eigenvalue weighted by atomic mass is 10.1. The molecule has 158 valence electrons. The molecule has 0 spiro atoms. The molecule has 0 aliphatic carbocycles. The summed E-state index contributed by atoms with van der Waals surface area (Å²) in [5, 5.41) is 2.77. The van der Waals surface area contributed by atoms with Gasteiger partial charge < -0.3 is 14.8 Å². The number of pyridine rings is 2. The first-order chi connectivity index (χ1) is 15.6. The molecule has 0 aliphatic heterocycles. The van der Waals surface area contributed by atoms with E-state index in [1.165, 1.54) is 13.3 Å². The van der Waals surface area contributed by atoms with Crippen LogP contribution < -0.4 is 14.8 Å². The Balaban J connectivity index is 1.48. The predicted octanol–water partition coefficient (Wildman–Crippen LogP) is 3.61. The van der Waals surface area contributed by atoms with Crippen molar-refractivity contribution in [2.24, 2.45) is 0 Å². The van der Waals surface area contributed by atoms with Gasteiger partial charge in [-0.15, -0.1) is 0 Å². The fourth-order valence-corrected chi connectivity index (χ4v) is 3.39. The maximum atomic E-state index is 12.7. The molecule has 0 bridgehead atoms. The highest BCUT2D eigenvalue weighted by Crippen LogP contribution is 2.26. The summed E-state index contributed by atoms with van der Waals surface area (Å²) in [6, 6.07) is 11.2. The zero-order valence-electron chi connectivity index (χ0n) is 17.3. The second-order valence-electron chi connectivity index (χ2n) is 6.98. The van der Waals surface area contributed by atoms with Crippen LogP contribution >= 0.6 is 0 Å². The van der Waals surface area contributed by atoms with Crippen LogP contribution in [-0.2, 0) is 0 Å². The Hall–Kier alpha value is -4.53. The lowest BCUT2D eigenvalue weighted by molar-refractivity contribution is 0.102. The van der Waals surface area contributed by atoms with Gasteiger partial charge in [-0.3, -0.25) is 19.2 Å². The van der Waals surface area contributed by atoms with E-state index in [0.717, 1.165) is 22.2 Å². The smallest absolute Gasteiger partial charge is 0.274 e. The van der Waals surface area contributed by atoms with Crippen LogP contribution in [0, 0.1) is 0 Å². The van der Waals surface area contributed by atoms with Crippen molar-refractivity contribution >= 4 is 28.4 Å². The Morgan fingerprint density at radius 3 is 2.47 bits per heavy atom. The normalized spacial score (nSPS) is 10.9. The van der Waals surface area contributed by atoms with E-state index < -0.39 is 0 Å². The minimum Gasteiger partial charge on any atom is -0.495 e. The molecule has 0 unspecified atom stereocenters. The second kappa shape index (κ2) is 7.95. The minimum atomic E-state index is -0.363. The van der Waals surface area contributed by atoms with Gasteiger partial charge in [-0.05, 0) is 29.8 Å². The number of anilines is 1. The molecule has 1 aromatic carbocycles. The third kappa shape index (κ3) is 3.56. The summed E-state index contributed by atoms with van der Waals surface area (Å²) in [5.41, 5.74) is 4.27. The number of imidazole rings is 1. The predicted molar refractivity (Wildman–Crippen MR) is 119 cm³/mol. The van der Waals surface area contributed by atoms with Gasteiger partial charge in [-0.2, -0.15) is 0 Å². The van der Waals surface area contributed by atoms with Crippen molar-refractivity contribution in [3.05, 3.63) is 73.1 Å². The first-order valence-electron chi connectivity index (χ1n) is 9.73. The zero-order chi connectivity index (χ0) is 22.1. The van der Waals surface area contributed by atoms with Crippen molar-refractivity contribution in [3.8, 4) is 22.6 Å². The molecule has 5 rings (SSSR count). The molecule has 4 heterocycles. The number of hydrogen-bond donors (Lipinski definition) is 1. The number of ether oxygens (including phenoxy) is 2. The molecular weight excluding hydrogens is 408 g/mol. The summed E-state index contributed by atoms with van der Waals surface area (Å²) in [6.07, 6.45) is 8.31. The van der Waals surface area contributed by atoms with Crippen LogP contribution in [0.5, 0.6) is 11.5 Å². The molecule has 1 amide bonds. The molecule has 5 aromatic rings. The lowest BCUT2D eigenvalue weighted by Crippen LogP contribution is -2.14. The molecule has 9 nitrogen and oxygen atoms in total. The van der Waals surface area contributed by atoms with Crippen LogP contribution in [-0.4, -0.2) is 44.5 Å². The van der Waals surface area contributed by atoms with E-state index >= 15 is 0 Å². The van der Waals surface area contributed by atoms with E-state index in [4.69, 9.17) is 9.47 Å². The molecule has 0 aliphatic rings. The van der Waals surface area contributed by atoms with E-state index in [9.17, 15) is 4.79 Å². The highest BCUT2D eigenvalue weighted by molar-refractivity contribution is 6.03. The molecule has 0 fully saturated rings. The summed E-state index contributed by atoms with van der Waals surface area (Å²) in [6.45, 7) is 0. The van der Waals surface area contributed by atoms with Crippen LogP contribution in [0.2, 0.25) is 0 Å². The van der Waals surface area contributed by atoms with Crippen LogP contribution in [0.1, 0.15) is 10.5 Å². The van der Waals surface area contributed by atoms with Crippen LogP contribution in [0.15, 0.2) is 67.4 Å². The number of nitrogens with zero attached hydrogens (tertiary/aromatic N) is 5. The Kier molecular flexibility index (Phi) is 4.83. The average molecular weight is 426 g/mol. The van der Waals surface area contributed by atoms with Gasteiger partial charge in [-0.25, -0.2) is 9.97 Å². The van der Waals surface area contributed by atoms with Crippen molar-refractivity contribution in [2.45, 2.75) is 0 Å². The third-order valence-electron chi connectivity index (χ3n) is 4.99. The first-order valence-corrected chi connectivity index (χ1v) is 9.73. The maximum Gasteiger partial charge on any atom is 0.274 e. The standard InChI is InChI=1S/C23H18N6O3/c1-31-17-7-15(10-24-12-17)14-3-4-21-20(8-14)28-23-27-19(5-6-29(21)23)22(30)26-16-9-18(32-2)13-25-11-16/h3-13H,1-2H3,(H,26,30). The number of benzene rings is 1. The molecule has 0 atom stereocenters. The topological polar surface area (TPSA) is 104 Å². The van der Waals surface area contributed by atoms with Gasteiger partial charge in [0, 0.05) is 24.0 Å². The Morgan fingerprint density at radius 2 is 1.66 bits per heavy atom. The SMILES string of the molecule is COc1cncc(NC(=O)c2ccn3c(n2)nc2cc(-c4cncc(OC)c4)ccc23)c1. The minimum absolute atomic E-state index is 0.243. The number of rotatable bonds is 5. The van der Waals surface area contributed by atoms with Gasteiger partial charge in [-0.1, -0.05) is 6.07 Å². The van der Waals surface area contributed by atoms with E-state index in [1.807, 2.05) is 28.7 Å². The number of methoxy groups -OCH3 is 2. The number of fused-ring (bicyclic) bond motifs is 3. The zero-order valence-corrected chi connectivity index (χ0v) is 17.3. The van der Waals surface area contributed by atoms with Crippen molar-refractivity contribution < 1.29 is 14.3 Å². The number of carbonyl (C=O) groups excluding carboxylic acids is 1. The Morgan fingerprint density at radius 1 is 0.875 bits per heavy atom. The summed E-state index contributed by atoms with van der Waals surface area (Å²) >= 11 is 0. The van der Waals surface area contributed by atoms with Gasteiger partial charge >= 0.3 is 0 Å². The maximum absolute atomic E-state index is 12.7. The molecule has 0 saturated heterocycles. The van der Waals surface area contributed by atoms with E-state index in [0.29, 0.717) is 23.0 Å². The number of carbonyl (C=O) groups is 1. The number of nitrogens with one attached hydrogen (secondary N) is 1.